The van der Waals surface area contributed by atoms with Crippen LogP contribution in [0.25, 0.3) is 0 Å². The molecule has 202 valence electrons. The van der Waals surface area contributed by atoms with E-state index in [0.29, 0.717) is 29.8 Å². The Balaban J connectivity index is 1.63. The molecular weight excluding hydrogens is 506 g/mol. The van der Waals surface area contributed by atoms with Crippen LogP contribution in [-0.4, -0.2) is 41.4 Å². The van der Waals surface area contributed by atoms with E-state index in [0.717, 1.165) is 24.3 Å². The third-order valence-corrected chi connectivity index (χ3v) is 6.96. The molecule has 3 aromatic carbocycles. The van der Waals surface area contributed by atoms with Crippen molar-refractivity contribution in [3.8, 4) is 0 Å². The molecular formula is C29H28F6N2O. The Morgan fingerprint density at radius 3 is 2.29 bits per heavy atom. The van der Waals surface area contributed by atoms with Gasteiger partial charge in [-0.2, -0.15) is 13.2 Å². The highest BCUT2D eigenvalue weighted by Gasteiger charge is 2.38. The van der Waals surface area contributed by atoms with E-state index in [1.165, 1.54) is 36.4 Å². The first-order valence-electron chi connectivity index (χ1n) is 12.3. The van der Waals surface area contributed by atoms with Gasteiger partial charge < -0.3 is 4.90 Å². The van der Waals surface area contributed by atoms with Crippen molar-refractivity contribution in [2.24, 2.45) is 5.92 Å². The standard InChI is InChI=1S/C29H28F6N2O/c1-18(2)37(28(38)20-7-9-24(30)10-8-20)16-22-15-36(14-19-6-11-26(31)27(32)12-19)17-25(22)21-4-3-5-23(13-21)29(33,34)35/h3-13,18,22,25H,14-17H2,1-2H3/t22-,25+/m1/s1. The summed E-state index contributed by atoms with van der Waals surface area (Å²) in [7, 11) is 0. The molecule has 1 heterocycles. The van der Waals surface area contributed by atoms with Crippen molar-refractivity contribution < 1.29 is 31.1 Å². The first-order chi connectivity index (χ1) is 17.9. The van der Waals surface area contributed by atoms with Crippen molar-refractivity contribution in [2.75, 3.05) is 19.6 Å². The summed E-state index contributed by atoms with van der Waals surface area (Å²) in [5.41, 5.74) is 0.592. The number of hydrogen-bond acceptors (Lipinski definition) is 2. The fourth-order valence-electron chi connectivity index (χ4n) is 5.03. The minimum atomic E-state index is -4.50. The van der Waals surface area contributed by atoms with E-state index in [-0.39, 0.29) is 36.9 Å². The Kier molecular flexibility index (Phi) is 8.16. The second-order valence-corrected chi connectivity index (χ2v) is 9.99. The Hall–Kier alpha value is -3.33. The molecule has 3 aromatic rings. The van der Waals surface area contributed by atoms with E-state index < -0.39 is 29.2 Å². The van der Waals surface area contributed by atoms with Crippen LogP contribution in [0, 0.1) is 23.4 Å². The predicted octanol–water partition coefficient (Wildman–Crippen LogP) is 6.89. The number of rotatable bonds is 7. The van der Waals surface area contributed by atoms with Crippen molar-refractivity contribution >= 4 is 5.91 Å². The number of benzene rings is 3. The maximum Gasteiger partial charge on any atom is 0.416 e. The molecule has 0 aliphatic carbocycles. The van der Waals surface area contributed by atoms with Crippen LogP contribution < -0.4 is 0 Å². The van der Waals surface area contributed by atoms with Gasteiger partial charge in [0, 0.05) is 43.7 Å². The molecule has 1 amide bonds. The van der Waals surface area contributed by atoms with Gasteiger partial charge in [-0.25, -0.2) is 13.2 Å². The van der Waals surface area contributed by atoms with Gasteiger partial charge in [-0.05, 0) is 73.4 Å². The first-order valence-corrected chi connectivity index (χ1v) is 12.3. The van der Waals surface area contributed by atoms with Gasteiger partial charge in [-0.3, -0.25) is 9.69 Å². The number of carbonyl (C=O) groups is 1. The zero-order valence-corrected chi connectivity index (χ0v) is 21.0. The molecule has 0 spiro atoms. The predicted molar refractivity (Wildman–Crippen MR) is 132 cm³/mol. The average Bonchev–Trinajstić information content (AvgIpc) is 3.26. The Morgan fingerprint density at radius 2 is 1.66 bits per heavy atom. The SMILES string of the molecule is CC(C)N(C[C@H]1CN(Cc2ccc(F)c(F)c2)C[C@H]1c1cccc(C(F)(F)F)c1)C(=O)c1ccc(F)cc1. The molecule has 2 atom stereocenters. The fourth-order valence-corrected chi connectivity index (χ4v) is 5.03. The lowest BCUT2D eigenvalue weighted by molar-refractivity contribution is -0.137. The number of carbonyl (C=O) groups excluding carboxylic acids is 1. The van der Waals surface area contributed by atoms with Crippen molar-refractivity contribution in [2.45, 2.75) is 38.5 Å². The van der Waals surface area contributed by atoms with E-state index in [1.54, 1.807) is 11.0 Å². The second kappa shape index (κ2) is 11.2. The molecule has 1 saturated heterocycles. The fraction of sp³-hybridized carbons (Fsp3) is 0.345. The number of alkyl halides is 3. The molecule has 4 rings (SSSR count). The Labute approximate surface area is 217 Å². The van der Waals surface area contributed by atoms with Gasteiger partial charge in [-0.1, -0.05) is 24.3 Å². The van der Waals surface area contributed by atoms with Crippen LogP contribution in [0.5, 0.6) is 0 Å². The number of likely N-dealkylation sites (tertiary alicyclic amines) is 1. The maximum absolute atomic E-state index is 13.8. The minimum Gasteiger partial charge on any atom is -0.336 e. The monoisotopic (exact) mass is 534 g/mol. The molecule has 3 nitrogen and oxygen atoms in total. The molecule has 9 heteroatoms. The van der Waals surface area contributed by atoms with Gasteiger partial charge in [0.15, 0.2) is 11.6 Å². The van der Waals surface area contributed by atoms with Crippen LogP contribution in [0.1, 0.15) is 46.8 Å². The average molecular weight is 535 g/mol. The summed E-state index contributed by atoms with van der Waals surface area (Å²) in [5, 5.41) is 0. The molecule has 0 saturated carbocycles. The van der Waals surface area contributed by atoms with Crippen LogP contribution >= 0.6 is 0 Å². The second-order valence-electron chi connectivity index (χ2n) is 9.99. The summed E-state index contributed by atoms with van der Waals surface area (Å²) in [4.78, 5) is 16.9. The molecule has 0 N–H and O–H groups in total. The lowest BCUT2D eigenvalue weighted by Crippen LogP contribution is -2.42. The minimum absolute atomic E-state index is 0.227. The summed E-state index contributed by atoms with van der Waals surface area (Å²) >= 11 is 0. The Bertz CT molecular complexity index is 1270. The van der Waals surface area contributed by atoms with Crippen LogP contribution in [-0.2, 0) is 12.7 Å². The molecule has 1 aliphatic heterocycles. The van der Waals surface area contributed by atoms with Gasteiger partial charge in [0.2, 0.25) is 0 Å². The molecule has 0 aromatic heterocycles. The summed E-state index contributed by atoms with van der Waals surface area (Å²) in [6.45, 7) is 5.02. The molecule has 0 unspecified atom stereocenters. The van der Waals surface area contributed by atoms with Crippen LogP contribution in [0.15, 0.2) is 66.7 Å². The molecule has 1 aliphatic rings. The summed E-state index contributed by atoms with van der Waals surface area (Å²) < 4.78 is 81.0. The summed E-state index contributed by atoms with van der Waals surface area (Å²) in [6, 6.07) is 13.8. The van der Waals surface area contributed by atoms with Crippen LogP contribution in [0.3, 0.4) is 0 Å². The van der Waals surface area contributed by atoms with Crippen LogP contribution in [0.2, 0.25) is 0 Å². The number of hydrogen-bond donors (Lipinski definition) is 0. The van der Waals surface area contributed by atoms with E-state index in [4.69, 9.17) is 0 Å². The first kappa shape index (κ1) is 27.7. The highest BCUT2D eigenvalue weighted by Crippen LogP contribution is 2.38. The molecule has 38 heavy (non-hydrogen) atoms. The molecule has 0 bridgehead atoms. The van der Waals surface area contributed by atoms with Gasteiger partial charge >= 0.3 is 6.18 Å². The third-order valence-electron chi connectivity index (χ3n) is 6.96. The highest BCUT2D eigenvalue weighted by atomic mass is 19.4. The summed E-state index contributed by atoms with van der Waals surface area (Å²) in [6.07, 6.45) is -4.50. The lowest BCUT2D eigenvalue weighted by atomic mass is 9.87. The Morgan fingerprint density at radius 1 is 0.947 bits per heavy atom. The maximum atomic E-state index is 13.8. The van der Waals surface area contributed by atoms with Crippen molar-refractivity contribution in [1.29, 1.82) is 0 Å². The lowest BCUT2D eigenvalue weighted by Gasteiger charge is -2.32. The van der Waals surface area contributed by atoms with E-state index in [9.17, 15) is 31.1 Å². The largest absolute Gasteiger partial charge is 0.416 e. The van der Waals surface area contributed by atoms with Gasteiger partial charge in [-0.15, -0.1) is 0 Å². The van der Waals surface area contributed by atoms with E-state index >= 15 is 0 Å². The highest BCUT2D eigenvalue weighted by molar-refractivity contribution is 5.94. The van der Waals surface area contributed by atoms with E-state index in [1.807, 2.05) is 18.7 Å². The van der Waals surface area contributed by atoms with Crippen molar-refractivity contribution in [3.63, 3.8) is 0 Å². The zero-order valence-electron chi connectivity index (χ0n) is 21.0. The third kappa shape index (κ3) is 6.38. The number of halogens is 6. The van der Waals surface area contributed by atoms with E-state index in [2.05, 4.69) is 0 Å². The topological polar surface area (TPSA) is 23.6 Å². The quantitative estimate of drug-likeness (QED) is 0.308. The van der Waals surface area contributed by atoms with Gasteiger partial charge in [0.25, 0.3) is 5.91 Å². The van der Waals surface area contributed by atoms with Gasteiger partial charge in [0.1, 0.15) is 5.82 Å². The van der Waals surface area contributed by atoms with Crippen LogP contribution in [0.4, 0.5) is 26.3 Å². The normalized spacial score (nSPS) is 18.2. The van der Waals surface area contributed by atoms with Gasteiger partial charge in [0.05, 0.1) is 5.56 Å². The summed E-state index contributed by atoms with van der Waals surface area (Å²) in [5.74, 6) is -3.28. The van der Waals surface area contributed by atoms with Crippen molar-refractivity contribution in [1.82, 2.24) is 9.80 Å². The zero-order chi connectivity index (χ0) is 27.6. The smallest absolute Gasteiger partial charge is 0.336 e. The number of amides is 1. The number of nitrogens with zero attached hydrogens (tertiary/aromatic N) is 2. The molecule has 1 fully saturated rings. The molecule has 0 radical (unpaired) electrons. The van der Waals surface area contributed by atoms with Crippen molar-refractivity contribution in [3.05, 3.63) is 106 Å².